The van der Waals surface area contributed by atoms with Crippen LogP contribution in [-0.4, -0.2) is 23.5 Å². The summed E-state index contributed by atoms with van der Waals surface area (Å²) < 4.78 is 13.5. The van der Waals surface area contributed by atoms with Crippen molar-refractivity contribution in [1.29, 1.82) is 0 Å². The van der Waals surface area contributed by atoms with E-state index in [1.165, 1.54) is 19.1 Å². The Morgan fingerprint density at radius 3 is 2.72 bits per heavy atom. The Bertz CT molecular complexity index is 465. The minimum atomic E-state index is -0.968. The monoisotopic (exact) mass is 317 g/mol. The molecular formula is C12H13BrFNO3. The fraction of sp³-hybridized carbons (Fsp3) is 0.333. The topological polar surface area (TPSA) is 66.4 Å². The smallest absolute Gasteiger partial charge is 0.308 e. The predicted molar refractivity (Wildman–Crippen MR) is 67.6 cm³/mol. The van der Waals surface area contributed by atoms with Gasteiger partial charge in [-0.3, -0.25) is 9.59 Å². The molecule has 0 fully saturated rings. The fourth-order valence-electron chi connectivity index (χ4n) is 1.25. The summed E-state index contributed by atoms with van der Waals surface area (Å²) in [5.41, 5.74) is 0.538. The maximum atomic E-state index is 13.2. The van der Waals surface area contributed by atoms with Crippen LogP contribution in [0.2, 0.25) is 0 Å². The van der Waals surface area contributed by atoms with Gasteiger partial charge < -0.3 is 10.4 Å². The van der Waals surface area contributed by atoms with Crippen LogP contribution in [0.15, 0.2) is 22.7 Å². The number of carboxylic acids is 1. The van der Waals surface area contributed by atoms with Gasteiger partial charge in [0, 0.05) is 6.54 Å². The van der Waals surface area contributed by atoms with Gasteiger partial charge in [0.25, 0.3) is 0 Å². The highest BCUT2D eigenvalue weighted by Crippen LogP contribution is 2.16. The van der Waals surface area contributed by atoms with Gasteiger partial charge in [-0.15, -0.1) is 0 Å². The van der Waals surface area contributed by atoms with Crippen LogP contribution in [0.5, 0.6) is 0 Å². The van der Waals surface area contributed by atoms with E-state index >= 15 is 0 Å². The number of rotatable bonds is 5. The van der Waals surface area contributed by atoms with E-state index < -0.39 is 17.7 Å². The van der Waals surface area contributed by atoms with Gasteiger partial charge in [0.1, 0.15) is 5.82 Å². The van der Waals surface area contributed by atoms with Crippen LogP contribution in [0, 0.1) is 11.7 Å². The summed E-state index contributed by atoms with van der Waals surface area (Å²) in [4.78, 5) is 22.0. The van der Waals surface area contributed by atoms with E-state index in [0.717, 1.165) is 0 Å². The zero-order chi connectivity index (χ0) is 13.7. The molecule has 1 atom stereocenters. The fourth-order valence-corrected chi connectivity index (χ4v) is 1.50. The van der Waals surface area contributed by atoms with Crippen molar-refractivity contribution < 1.29 is 19.1 Å². The molecular weight excluding hydrogens is 305 g/mol. The van der Waals surface area contributed by atoms with Crippen LogP contribution in [0.4, 0.5) is 4.39 Å². The van der Waals surface area contributed by atoms with E-state index in [-0.39, 0.29) is 18.9 Å². The Balaban J connectivity index is 2.49. The van der Waals surface area contributed by atoms with E-state index in [9.17, 15) is 14.0 Å². The summed E-state index contributed by atoms with van der Waals surface area (Å²) >= 11 is 3.02. The van der Waals surface area contributed by atoms with Gasteiger partial charge in [-0.05, 0) is 33.6 Å². The number of aliphatic carboxylic acids is 1. The lowest BCUT2D eigenvalue weighted by Gasteiger charge is -2.08. The Morgan fingerprint density at radius 2 is 2.17 bits per heavy atom. The van der Waals surface area contributed by atoms with Crippen molar-refractivity contribution >= 4 is 27.8 Å². The zero-order valence-corrected chi connectivity index (χ0v) is 11.3. The largest absolute Gasteiger partial charge is 0.481 e. The molecule has 0 saturated carbocycles. The minimum Gasteiger partial charge on any atom is -0.481 e. The highest BCUT2D eigenvalue weighted by Gasteiger charge is 2.12. The normalized spacial score (nSPS) is 11.9. The van der Waals surface area contributed by atoms with Crippen LogP contribution in [0.25, 0.3) is 0 Å². The Hall–Kier alpha value is -1.43. The van der Waals surface area contributed by atoms with Crippen LogP contribution in [0.1, 0.15) is 12.5 Å². The summed E-state index contributed by atoms with van der Waals surface area (Å²) in [6.07, 6.45) is 0.0243. The van der Waals surface area contributed by atoms with Crippen molar-refractivity contribution in [3.05, 3.63) is 34.1 Å². The highest BCUT2D eigenvalue weighted by atomic mass is 79.9. The molecule has 1 amide bonds. The van der Waals surface area contributed by atoms with Crippen molar-refractivity contribution in [2.75, 3.05) is 6.54 Å². The number of hydrogen-bond acceptors (Lipinski definition) is 2. The van der Waals surface area contributed by atoms with Gasteiger partial charge in [0.05, 0.1) is 16.8 Å². The van der Waals surface area contributed by atoms with Crippen LogP contribution in [-0.2, 0) is 16.0 Å². The summed E-state index contributed by atoms with van der Waals surface area (Å²) in [5.74, 6) is -2.37. The van der Waals surface area contributed by atoms with E-state index in [2.05, 4.69) is 21.2 Å². The lowest BCUT2D eigenvalue weighted by molar-refractivity contribution is -0.141. The molecule has 0 saturated heterocycles. The second-order valence-electron chi connectivity index (χ2n) is 3.97. The molecule has 0 aliphatic heterocycles. The van der Waals surface area contributed by atoms with Crippen molar-refractivity contribution in [3.63, 3.8) is 0 Å². The first-order valence-corrected chi connectivity index (χ1v) is 6.13. The second-order valence-corrected chi connectivity index (χ2v) is 4.82. The van der Waals surface area contributed by atoms with Crippen molar-refractivity contribution in [2.24, 2.45) is 5.92 Å². The average Bonchev–Trinajstić information content (AvgIpc) is 2.30. The van der Waals surface area contributed by atoms with Gasteiger partial charge in [-0.25, -0.2) is 4.39 Å². The number of benzene rings is 1. The highest BCUT2D eigenvalue weighted by molar-refractivity contribution is 9.10. The number of nitrogens with one attached hydrogen (secondary N) is 1. The Kier molecular flexibility index (Phi) is 5.27. The minimum absolute atomic E-state index is 0.0243. The van der Waals surface area contributed by atoms with E-state index in [1.54, 1.807) is 6.07 Å². The molecule has 18 heavy (non-hydrogen) atoms. The van der Waals surface area contributed by atoms with E-state index in [4.69, 9.17) is 5.11 Å². The van der Waals surface area contributed by atoms with Gasteiger partial charge in [-0.2, -0.15) is 0 Å². The third kappa shape index (κ3) is 4.44. The maximum Gasteiger partial charge on any atom is 0.308 e. The quantitative estimate of drug-likeness (QED) is 0.872. The van der Waals surface area contributed by atoms with Crippen molar-refractivity contribution in [1.82, 2.24) is 5.32 Å². The molecule has 2 N–H and O–H groups in total. The first-order valence-electron chi connectivity index (χ1n) is 5.33. The number of amides is 1. The third-order valence-electron chi connectivity index (χ3n) is 2.38. The second kappa shape index (κ2) is 6.49. The number of halogens is 2. The summed E-state index contributed by atoms with van der Waals surface area (Å²) in [7, 11) is 0. The predicted octanol–water partition coefficient (Wildman–Crippen LogP) is 1.97. The van der Waals surface area contributed by atoms with Crippen molar-refractivity contribution in [3.8, 4) is 0 Å². The molecule has 4 nitrogen and oxygen atoms in total. The molecule has 1 rings (SSSR count). The Labute approximate surface area is 112 Å². The first kappa shape index (κ1) is 14.6. The molecule has 1 unspecified atom stereocenters. The summed E-state index contributed by atoms with van der Waals surface area (Å²) in [6, 6.07) is 4.43. The molecule has 0 heterocycles. The maximum absolute atomic E-state index is 13.2. The molecule has 0 aliphatic carbocycles. The van der Waals surface area contributed by atoms with E-state index in [0.29, 0.717) is 10.0 Å². The molecule has 0 aliphatic rings. The molecule has 1 aromatic carbocycles. The van der Waals surface area contributed by atoms with Gasteiger partial charge in [0.15, 0.2) is 0 Å². The lowest BCUT2D eigenvalue weighted by Crippen LogP contribution is -2.32. The standard InChI is InChI=1S/C12H13BrFNO3/c1-7(12(17)18)6-15-11(16)5-8-2-3-9(13)10(14)4-8/h2-4,7H,5-6H2,1H3,(H,15,16)(H,17,18). The third-order valence-corrected chi connectivity index (χ3v) is 3.02. The summed E-state index contributed by atoms with van der Waals surface area (Å²) in [6.45, 7) is 1.56. The Morgan fingerprint density at radius 1 is 1.50 bits per heavy atom. The molecule has 6 heteroatoms. The first-order chi connectivity index (χ1) is 8.40. The van der Waals surface area contributed by atoms with Crippen molar-refractivity contribution in [2.45, 2.75) is 13.3 Å². The van der Waals surface area contributed by atoms with Crippen LogP contribution in [0.3, 0.4) is 0 Å². The average molecular weight is 318 g/mol. The number of carboxylic acid groups (broad SMARTS) is 1. The van der Waals surface area contributed by atoms with Crippen LogP contribution >= 0.6 is 15.9 Å². The molecule has 0 aromatic heterocycles. The molecule has 98 valence electrons. The molecule has 0 spiro atoms. The van der Waals surface area contributed by atoms with Gasteiger partial charge in [-0.1, -0.05) is 13.0 Å². The van der Waals surface area contributed by atoms with Gasteiger partial charge >= 0.3 is 5.97 Å². The molecule has 0 radical (unpaired) electrons. The molecule has 0 bridgehead atoms. The van der Waals surface area contributed by atoms with Crippen LogP contribution < -0.4 is 5.32 Å². The summed E-state index contributed by atoms with van der Waals surface area (Å²) in [5, 5.41) is 11.1. The van der Waals surface area contributed by atoms with E-state index in [1.807, 2.05) is 0 Å². The number of hydrogen-bond donors (Lipinski definition) is 2. The SMILES string of the molecule is CC(CNC(=O)Cc1ccc(Br)c(F)c1)C(=O)O. The molecule has 1 aromatic rings. The number of carbonyl (C=O) groups excluding carboxylic acids is 1. The van der Waals surface area contributed by atoms with Gasteiger partial charge in [0.2, 0.25) is 5.91 Å². The zero-order valence-electron chi connectivity index (χ0n) is 9.74. The number of carbonyl (C=O) groups is 2. The lowest BCUT2D eigenvalue weighted by atomic mass is 10.1.